The molecule has 1 N–H and O–H groups in total. The normalized spacial score (nSPS) is 14.7. The third-order valence-electron chi connectivity index (χ3n) is 3.51. The van der Waals surface area contributed by atoms with Crippen LogP contribution in [0.2, 0.25) is 0 Å². The largest absolute Gasteiger partial charge is 0.337 e. The zero-order valence-corrected chi connectivity index (χ0v) is 15.0. The van der Waals surface area contributed by atoms with Crippen molar-refractivity contribution >= 4 is 35.1 Å². The quantitative estimate of drug-likeness (QED) is 0.630. The van der Waals surface area contributed by atoms with E-state index in [-0.39, 0.29) is 6.03 Å². The summed E-state index contributed by atoms with van der Waals surface area (Å²) in [6.07, 6.45) is 3.47. The summed E-state index contributed by atoms with van der Waals surface area (Å²) in [4.78, 5) is 24.6. The molecule has 24 heavy (non-hydrogen) atoms. The van der Waals surface area contributed by atoms with E-state index in [1.807, 2.05) is 11.8 Å². The molecule has 1 fully saturated rings. The highest BCUT2D eigenvalue weighted by Crippen LogP contribution is 2.20. The molecule has 3 heterocycles. The summed E-state index contributed by atoms with van der Waals surface area (Å²) in [6, 6.07) is 1.78. The molecule has 0 atom stereocenters. The number of thioether (sulfide) groups is 1. The molecule has 0 saturated carbocycles. The van der Waals surface area contributed by atoms with E-state index >= 15 is 0 Å². The highest BCUT2D eigenvalue weighted by molar-refractivity contribution is 8.01. The van der Waals surface area contributed by atoms with Crippen LogP contribution in [0.4, 0.5) is 10.7 Å². The van der Waals surface area contributed by atoms with Crippen molar-refractivity contribution in [1.29, 1.82) is 0 Å². The van der Waals surface area contributed by atoms with Crippen LogP contribution < -0.4 is 10.2 Å². The van der Waals surface area contributed by atoms with Gasteiger partial charge < -0.3 is 15.1 Å². The Kier molecular flexibility index (Phi) is 5.81. The van der Waals surface area contributed by atoms with Crippen LogP contribution in [0, 0.1) is 6.92 Å². The lowest BCUT2D eigenvalue weighted by Crippen LogP contribution is -2.52. The van der Waals surface area contributed by atoms with E-state index in [4.69, 9.17) is 0 Å². The fourth-order valence-corrected chi connectivity index (χ4v) is 4.05. The number of nitrogens with one attached hydrogen (secondary N) is 1. The van der Waals surface area contributed by atoms with Crippen molar-refractivity contribution in [3.63, 3.8) is 0 Å². The number of rotatable bonds is 5. The second-order valence-electron chi connectivity index (χ2n) is 5.19. The minimum Gasteiger partial charge on any atom is -0.337 e. The lowest BCUT2D eigenvalue weighted by atomic mass is 10.3. The van der Waals surface area contributed by atoms with Gasteiger partial charge in [-0.1, -0.05) is 23.1 Å². The number of anilines is 1. The maximum Gasteiger partial charge on any atom is 0.317 e. The van der Waals surface area contributed by atoms with Crippen molar-refractivity contribution in [3.05, 3.63) is 23.5 Å². The van der Waals surface area contributed by atoms with E-state index in [2.05, 4.69) is 30.4 Å². The molecule has 128 valence electrons. The average molecular weight is 365 g/mol. The van der Waals surface area contributed by atoms with Crippen molar-refractivity contribution in [2.24, 2.45) is 0 Å². The summed E-state index contributed by atoms with van der Waals surface area (Å²) >= 11 is 3.19. The highest BCUT2D eigenvalue weighted by Gasteiger charge is 2.22. The number of carbonyl (C=O) groups excluding carboxylic acids is 1. The molecule has 1 saturated heterocycles. The molecule has 0 radical (unpaired) electrons. The maximum atomic E-state index is 12.2. The molecular formula is C14H19N7OS2. The zero-order chi connectivity index (χ0) is 16.8. The first kappa shape index (κ1) is 16.9. The molecule has 0 bridgehead atoms. The topological polar surface area (TPSA) is 87.1 Å². The monoisotopic (exact) mass is 365 g/mol. The molecule has 1 aliphatic heterocycles. The minimum atomic E-state index is -0.0160. The number of hydrogen-bond acceptors (Lipinski definition) is 8. The number of carbonyl (C=O) groups is 1. The molecule has 8 nitrogen and oxygen atoms in total. The van der Waals surface area contributed by atoms with Gasteiger partial charge in [-0.3, -0.25) is 0 Å². The lowest BCUT2D eigenvalue weighted by molar-refractivity contribution is 0.195. The van der Waals surface area contributed by atoms with Crippen LogP contribution in [0.15, 0.2) is 22.8 Å². The molecule has 2 amide bonds. The van der Waals surface area contributed by atoms with Gasteiger partial charge in [0, 0.05) is 50.9 Å². The van der Waals surface area contributed by atoms with Crippen LogP contribution in [0.5, 0.6) is 0 Å². The number of nitrogens with zero attached hydrogens (tertiary/aromatic N) is 6. The third kappa shape index (κ3) is 4.54. The number of amides is 2. The number of aromatic nitrogens is 4. The van der Waals surface area contributed by atoms with Crippen LogP contribution >= 0.6 is 23.1 Å². The Hall–Kier alpha value is -1.94. The van der Waals surface area contributed by atoms with Crippen molar-refractivity contribution in [2.45, 2.75) is 11.3 Å². The molecule has 0 spiro atoms. The average Bonchev–Trinajstić information content (AvgIpc) is 3.05. The Bertz CT molecular complexity index is 658. The summed E-state index contributed by atoms with van der Waals surface area (Å²) in [6.45, 7) is 5.39. The highest BCUT2D eigenvalue weighted by atomic mass is 32.2. The molecule has 0 unspecified atom stereocenters. The van der Waals surface area contributed by atoms with Gasteiger partial charge in [0.1, 0.15) is 5.01 Å². The van der Waals surface area contributed by atoms with E-state index in [9.17, 15) is 4.79 Å². The fraction of sp³-hybridized carbons (Fsp3) is 0.500. The predicted molar refractivity (Wildman–Crippen MR) is 94.6 cm³/mol. The molecule has 2 aromatic rings. The van der Waals surface area contributed by atoms with Crippen molar-refractivity contribution in [1.82, 2.24) is 30.4 Å². The number of urea groups is 1. The lowest BCUT2D eigenvalue weighted by Gasteiger charge is -2.34. The second-order valence-corrected chi connectivity index (χ2v) is 7.71. The van der Waals surface area contributed by atoms with Gasteiger partial charge in [0.05, 0.1) is 0 Å². The van der Waals surface area contributed by atoms with Crippen LogP contribution in [0.25, 0.3) is 0 Å². The predicted octanol–water partition coefficient (Wildman–Crippen LogP) is 1.26. The van der Waals surface area contributed by atoms with E-state index in [1.54, 1.807) is 41.6 Å². The van der Waals surface area contributed by atoms with Gasteiger partial charge in [-0.25, -0.2) is 14.8 Å². The molecule has 10 heteroatoms. The first-order chi connectivity index (χ1) is 11.7. The first-order valence-corrected chi connectivity index (χ1v) is 9.50. The van der Waals surface area contributed by atoms with Gasteiger partial charge in [0.2, 0.25) is 5.95 Å². The van der Waals surface area contributed by atoms with Gasteiger partial charge >= 0.3 is 6.03 Å². The van der Waals surface area contributed by atoms with E-state index < -0.39 is 0 Å². The zero-order valence-electron chi connectivity index (χ0n) is 13.4. The van der Waals surface area contributed by atoms with Gasteiger partial charge in [0.25, 0.3) is 0 Å². The Morgan fingerprint density at radius 2 is 2.00 bits per heavy atom. The summed E-state index contributed by atoms with van der Waals surface area (Å²) in [5.41, 5.74) is 0. The minimum absolute atomic E-state index is 0.0160. The maximum absolute atomic E-state index is 12.2. The Morgan fingerprint density at radius 1 is 1.25 bits per heavy atom. The summed E-state index contributed by atoms with van der Waals surface area (Å²) in [5.74, 6) is 1.51. The number of piperazine rings is 1. The second kappa shape index (κ2) is 8.25. The van der Waals surface area contributed by atoms with Crippen molar-refractivity contribution in [3.8, 4) is 0 Å². The Labute approximate surface area is 148 Å². The third-order valence-corrected chi connectivity index (χ3v) is 5.49. The van der Waals surface area contributed by atoms with Crippen LogP contribution in [0.1, 0.15) is 5.01 Å². The first-order valence-electron chi connectivity index (χ1n) is 7.70. The van der Waals surface area contributed by atoms with Crippen LogP contribution in [-0.4, -0.2) is 69.6 Å². The smallest absolute Gasteiger partial charge is 0.317 e. The molecule has 3 rings (SSSR count). The fourth-order valence-electron chi connectivity index (χ4n) is 2.31. The van der Waals surface area contributed by atoms with Crippen molar-refractivity contribution in [2.75, 3.05) is 43.4 Å². The van der Waals surface area contributed by atoms with E-state index in [0.29, 0.717) is 19.6 Å². The summed E-state index contributed by atoms with van der Waals surface area (Å²) in [7, 11) is 0. The molecule has 0 aliphatic carbocycles. The summed E-state index contributed by atoms with van der Waals surface area (Å²) in [5, 5.41) is 11.9. The molecule has 1 aliphatic rings. The van der Waals surface area contributed by atoms with Gasteiger partial charge in [-0.05, 0) is 13.0 Å². The van der Waals surface area contributed by atoms with E-state index in [1.165, 1.54) is 0 Å². The van der Waals surface area contributed by atoms with E-state index in [0.717, 1.165) is 34.1 Å². The van der Waals surface area contributed by atoms with Gasteiger partial charge in [-0.2, -0.15) is 0 Å². The van der Waals surface area contributed by atoms with Crippen molar-refractivity contribution < 1.29 is 4.79 Å². The molecule has 2 aromatic heterocycles. The molecular weight excluding hydrogens is 346 g/mol. The number of aryl methyl sites for hydroxylation is 1. The van der Waals surface area contributed by atoms with Crippen LogP contribution in [-0.2, 0) is 0 Å². The number of hydrogen-bond donors (Lipinski definition) is 1. The van der Waals surface area contributed by atoms with Crippen LogP contribution in [0.3, 0.4) is 0 Å². The Balaban J connectivity index is 1.36. The van der Waals surface area contributed by atoms with Gasteiger partial charge in [0.15, 0.2) is 4.34 Å². The SMILES string of the molecule is Cc1nnc(SCCNC(=O)N2CCN(c3ncccn3)CC2)s1. The standard InChI is InChI=1S/C14H19N7OS2/c1-11-18-19-14(24-11)23-10-5-17-13(22)21-8-6-20(7-9-21)12-15-3-2-4-16-12/h2-4H,5-10H2,1H3,(H,17,22). The van der Waals surface area contributed by atoms with Gasteiger partial charge in [-0.15, -0.1) is 10.2 Å². The Morgan fingerprint density at radius 3 is 2.67 bits per heavy atom. The summed E-state index contributed by atoms with van der Waals surface area (Å²) < 4.78 is 0.943. The molecule has 0 aromatic carbocycles.